The first-order chi connectivity index (χ1) is 15.9. The predicted molar refractivity (Wildman–Crippen MR) is 128 cm³/mol. The number of carbonyl (C=O) groups is 3. The quantitative estimate of drug-likeness (QED) is 0.598. The van der Waals surface area contributed by atoms with E-state index in [1.54, 1.807) is 17.0 Å². The second-order valence-electron chi connectivity index (χ2n) is 9.13. The zero-order valence-corrected chi connectivity index (χ0v) is 19.1. The molecule has 2 saturated carbocycles. The highest BCUT2D eigenvalue weighted by Gasteiger charge is 2.41. The first kappa shape index (κ1) is 23.0. The Morgan fingerprint density at radius 3 is 2.27 bits per heavy atom. The fraction of sp³-hybridized carbons (Fsp3) is 0.423. The molecule has 0 spiro atoms. The number of hydrogen-bond acceptors (Lipinski definition) is 4. The van der Waals surface area contributed by atoms with E-state index in [4.69, 9.17) is 5.73 Å². The van der Waals surface area contributed by atoms with Gasteiger partial charge in [-0.1, -0.05) is 24.8 Å². The van der Waals surface area contributed by atoms with Gasteiger partial charge in [-0.25, -0.2) is 0 Å². The first-order valence-electron chi connectivity index (χ1n) is 11.7. The van der Waals surface area contributed by atoms with Gasteiger partial charge in [0, 0.05) is 43.2 Å². The average Bonchev–Trinajstić information content (AvgIpc) is 3.72. The Balaban J connectivity index is 1.51. The van der Waals surface area contributed by atoms with Crippen molar-refractivity contribution in [1.82, 2.24) is 15.1 Å². The van der Waals surface area contributed by atoms with Crippen molar-refractivity contribution in [2.45, 2.75) is 38.6 Å². The van der Waals surface area contributed by atoms with Crippen molar-refractivity contribution < 1.29 is 14.4 Å². The van der Waals surface area contributed by atoms with E-state index in [9.17, 15) is 14.4 Å². The molecule has 2 aliphatic carbocycles. The molecule has 1 aromatic carbocycles. The van der Waals surface area contributed by atoms with E-state index in [-0.39, 0.29) is 35.6 Å². The topological polar surface area (TPSA) is 95.7 Å². The lowest BCUT2D eigenvalue weighted by molar-refractivity contribution is -0.137. The Hall–Kier alpha value is -3.19. The maximum atomic E-state index is 13.0. The number of rotatable bonds is 8. The summed E-state index contributed by atoms with van der Waals surface area (Å²) in [7, 11) is 0. The summed E-state index contributed by atoms with van der Waals surface area (Å²) < 4.78 is 0. The smallest absolute Gasteiger partial charge is 0.251 e. The lowest BCUT2D eigenvalue weighted by Crippen LogP contribution is -2.49. The van der Waals surface area contributed by atoms with Gasteiger partial charge < -0.3 is 20.9 Å². The number of amides is 3. The predicted octanol–water partition coefficient (Wildman–Crippen LogP) is 2.67. The lowest BCUT2D eigenvalue weighted by Gasteiger charge is -2.38. The molecule has 7 nitrogen and oxygen atoms in total. The summed E-state index contributed by atoms with van der Waals surface area (Å²) in [5.41, 5.74) is 8.33. The highest BCUT2D eigenvalue weighted by atomic mass is 16.2. The standard InChI is InChI=1S/C26H32N4O3/c1-17(19-4-6-20(7-5-19)24(31)28-14-13-27)3-12-23-16-29(25(32)21-8-9-21)15-18(2)30(23)26(33)22-10-11-22/h3-7,12,16,18,21-22H,1,8-11,13-15,27H2,2H3,(H,28,31)/b12-3-. The Bertz CT molecular complexity index is 1000. The van der Waals surface area contributed by atoms with Crippen LogP contribution in [0.5, 0.6) is 0 Å². The molecule has 0 saturated heterocycles. The van der Waals surface area contributed by atoms with Gasteiger partial charge >= 0.3 is 0 Å². The number of benzene rings is 1. The van der Waals surface area contributed by atoms with Crippen LogP contribution in [0.25, 0.3) is 5.57 Å². The molecular formula is C26H32N4O3. The van der Waals surface area contributed by atoms with Gasteiger partial charge in [0.2, 0.25) is 11.8 Å². The first-order valence-corrected chi connectivity index (χ1v) is 11.7. The van der Waals surface area contributed by atoms with Gasteiger partial charge in [0.1, 0.15) is 0 Å². The third-order valence-electron chi connectivity index (χ3n) is 6.24. The van der Waals surface area contributed by atoms with Gasteiger partial charge in [-0.05, 0) is 62.0 Å². The van der Waals surface area contributed by atoms with Crippen molar-refractivity contribution >= 4 is 23.3 Å². The summed E-state index contributed by atoms with van der Waals surface area (Å²) in [5.74, 6) is 0.337. The second-order valence-corrected chi connectivity index (χ2v) is 9.13. The van der Waals surface area contributed by atoms with Crippen LogP contribution in [0.1, 0.15) is 48.5 Å². The molecular weight excluding hydrogens is 416 g/mol. The molecule has 2 fully saturated rings. The molecule has 0 bridgehead atoms. The minimum atomic E-state index is -0.163. The minimum absolute atomic E-state index is 0.0787. The van der Waals surface area contributed by atoms with Crippen molar-refractivity contribution in [1.29, 1.82) is 0 Å². The monoisotopic (exact) mass is 448 g/mol. The summed E-state index contributed by atoms with van der Waals surface area (Å²) in [6.45, 7) is 7.50. The van der Waals surface area contributed by atoms with Gasteiger partial charge in [0.15, 0.2) is 0 Å². The van der Waals surface area contributed by atoms with E-state index in [0.717, 1.165) is 42.5 Å². The molecule has 7 heteroatoms. The molecule has 3 amide bonds. The third-order valence-corrected chi connectivity index (χ3v) is 6.24. The Labute approximate surface area is 195 Å². The van der Waals surface area contributed by atoms with Crippen LogP contribution < -0.4 is 11.1 Å². The van der Waals surface area contributed by atoms with E-state index in [0.29, 0.717) is 25.2 Å². The Morgan fingerprint density at radius 2 is 1.67 bits per heavy atom. The van der Waals surface area contributed by atoms with Crippen LogP contribution in [0, 0.1) is 11.8 Å². The number of nitrogens with two attached hydrogens (primary N) is 1. The third kappa shape index (κ3) is 5.42. The van der Waals surface area contributed by atoms with Gasteiger partial charge in [-0.2, -0.15) is 0 Å². The van der Waals surface area contributed by atoms with E-state index < -0.39 is 0 Å². The number of nitrogens with zero attached hydrogens (tertiary/aromatic N) is 2. The SMILES string of the molecule is C=C(/C=C\C1=CN(C(=O)C2CC2)CC(C)N1C(=O)C1CC1)c1ccc(C(=O)NCCN)cc1. The van der Waals surface area contributed by atoms with Crippen LogP contribution in [0.2, 0.25) is 0 Å². The van der Waals surface area contributed by atoms with Crippen LogP contribution in [0.4, 0.5) is 0 Å². The van der Waals surface area contributed by atoms with Crippen LogP contribution in [0.15, 0.2) is 54.9 Å². The molecule has 3 aliphatic rings. The van der Waals surface area contributed by atoms with Crippen molar-refractivity contribution in [2.75, 3.05) is 19.6 Å². The Morgan fingerprint density at radius 1 is 1.06 bits per heavy atom. The zero-order valence-electron chi connectivity index (χ0n) is 19.1. The maximum absolute atomic E-state index is 13.0. The summed E-state index contributed by atoms with van der Waals surface area (Å²) in [4.78, 5) is 41.3. The Kier molecular flexibility index (Phi) is 6.79. The van der Waals surface area contributed by atoms with Crippen LogP contribution >= 0.6 is 0 Å². The number of nitrogens with one attached hydrogen (secondary N) is 1. The zero-order chi connectivity index (χ0) is 23.5. The molecule has 0 radical (unpaired) electrons. The van der Waals surface area contributed by atoms with Crippen LogP contribution in [-0.4, -0.2) is 53.2 Å². The summed E-state index contributed by atoms with van der Waals surface area (Å²) in [6.07, 6.45) is 9.31. The van der Waals surface area contributed by atoms with Crippen molar-refractivity contribution in [2.24, 2.45) is 17.6 Å². The largest absolute Gasteiger partial charge is 0.351 e. The molecule has 33 heavy (non-hydrogen) atoms. The lowest BCUT2D eigenvalue weighted by atomic mass is 10.0. The average molecular weight is 449 g/mol. The van der Waals surface area contributed by atoms with Crippen LogP contribution in [-0.2, 0) is 9.59 Å². The van der Waals surface area contributed by atoms with E-state index in [1.807, 2.05) is 42.3 Å². The normalized spacial score (nSPS) is 20.5. The number of carbonyl (C=O) groups excluding carboxylic acids is 3. The molecule has 1 atom stereocenters. The summed E-state index contributed by atoms with van der Waals surface area (Å²) in [6, 6.07) is 7.11. The molecule has 4 rings (SSSR count). The molecule has 0 aromatic heterocycles. The van der Waals surface area contributed by atoms with Crippen molar-refractivity contribution in [3.8, 4) is 0 Å². The van der Waals surface area contributed by atoms with E-state index in [1.165, 1.54) is 0 Å². The maximum Gasteiger partial charge on any atom is 0.251 e. The molecule has 174 valence electrons. The highest BCUT2D eigenvalue weighted by Crippen LogP contribution is 2.36. The van der Waals surface area contributed by atoms with E-state index in [2.05, 4.69) is 11.9 Å². The molecule has 1 aliphatic heterocycles. The molecule has 1 heterocycles. The highest BCUT2D eigenvalue weighted by molar-refractivity contribution is 5.94. The fourth-order valence-corrected chi connectivity index (χ4v) is 4.01. The van der Waals surface area contributed by atoms with Crippen molar-refractivity contribution in [3.63, 3.8) is 0 Å². The molecule has 3 N–H and O–H groups in total. The van der Waals surface area contributed by atoms with E-state index >= 15 is 0 Å². The summed E-state index contributed by atoms with van der Waals surface area (Å²) >= 11 is 0. The molecule has 1 aromatic rings. The van der Waals surface area contributed by atoms with Crippen LogP contribution in [0.3, 0.4) is 0 Å². The minimum Gasteiger partial charge on any atom is -0.351 e. The van der Waals surface area contributed by atoms with Gasteiger partial charge in [0.25, 0.3) is 5.91 Å². The van der Waals surface area contributed by atoms with Gasteiger partial charge in [0.05, 0.1) is 11.7 Å². The summed E-state index contributed by atoms with van der Waals surface area (Å²) in [5, 5.41) is 2.75. The number of hydrogen-bond donors (Lipinski definition) is 2. The number of allylic oxidation sites excluding steroid dienone is 3. The fourth-order valence-electron chi connectivity index (χ4n) is 4.01. The van der Waals surface area contributed by atoms with Crippen molar-refractivity contribution in [3.05, 3.63) is 66.0 Å². The van der Waals surface area contributed by atoms with Gasteiger partial charge in [-0.15, -0.1) is 0 Å². The second kappa shape index (κ2) is 9.75. The molecule has 1 unspecified atom stereocenters. The van der Waals surface area contributed by atoms with Gasteiger partial charge in [-0.3, -0.25) is 14.4 Å².